The van der Waals surface area contributed by atoms with Gasteiger partial charge in [-0.25, -0.2) is 4.98 Å². The van der Waals surface area contributed by atoms with Gasteiger partial charge in [0.1, 0.15) is 5.52 Å². The minimum atomic E-state index is 0.192. The van der Waals surface area contributed by atoms with Crippen LogP contribution in [-0.2, 0) is 0 Å². The molecule has 1 aromatic heterocycles. The summed E-state index contributed by atoms with van der Waals surface area (Å²) in [5, 5.41) is 0. The van der Waals surface area contributed by atoms with Crippen LogP contribution in [0.2, 0.25) is 0 Å². The summed E-state index contributed by atoms with van der Waals surface area (Å²) in [6.07, 6.45) is 5.93. The van der Waals surface area contributed by atoms with Gasteiger partial charge in [-0.3, -0.25) is 0 Å². The van der Waals surface area contributed by atoms with E-state index in [2.05, 4.69) is 26.0 Å². The second-order valence-electron chi connectivity index (χ2n) is 5.89. The number of aryl methyl sites for hydroxylation is 2. The SMILES string of the molecule is Cc1cc(C)c2oc(C3CCCCCC3N)nc2c1. The van der Waals surface area contributed by atoms with Crippen molar-refractivity contribution >= 4 is 11.1 Å². The lowest BCUT2D eigenvalue weighted by atomic mass is 9.95. The molecule has 19 heavy (non-hydrogen) atoms. The van der Waals surface area contributed by atoms with Crippen LogP contribution in [-0.4, -0.2) is 11.0 Å². The average molecular weight is 258 g/mol. The van der Waals surface area contributed by atoms with Gasteiger partial charge >= 0.3 is 0 Å². The quantitative estimate of drug-likeness (QED) is 0.791. The Morgan fingerprint density at radius 1 is 1.16 bits per heavy atom. The van der Waals surface area contributed by atoms with E-state index in [1.807, 2.05) is 0 Å². The standard InChI is InChI=1S/C16H22N2O/c1-10-8-11(2)15-14(9-10)18-16(19-15)12-6-4-3-5-7-13(12)17/h8-9,12-13H,3-7,17H2,1-2H3. The predicted molar refractivity (Wildman–Crippen MR) is 77.3 cm³/mol. The molecule has 0 bridgehead atoms. The number of aromatic nitrogens is 1. The number of fused-ring (bicyclic) bond motifs is 1. The molecule has 1 saturated carbocycles. The fourth-order valence-corrected chi connectivity index (χ4v) is 3.20. The lowest BCUT2D eigenvalue weighted by molar-refractivity contribution is 0.402. The van der Waals surface area contributed by atoms with Crippen LogP contribution in [0.3, 0.4) is 0 Å². The lowest BCUT2D eigenvalue weighted by Crippen LogP contribution is -2.27. The Morgan fingerprint density at radius 2 is 1.95 bits per heavy atom. The molecule has 2 N–H and O–H groups in total. The summed E-state index contributed by atoms with van der Waals surface area (Å²) in [6.45, 7) is 4.18. The third-order valence-corrected chi connectivity index (χ3v) is 4.22. The van der Waals surface area contributed by atoms with Crippen molar-refractivity contribution < 1.29 is 4.42 Å². The predicted octanol–water partition coefficient (Wildman–Crippen LogP) is 3.82. The van der Waals surface area contributed by atoms with Gasteiger partial charge in [-0.05, 0) is 43.9 Å². The molecule has 2 atom stereocenters. The molecule has 0 amide bonds. The normalized spacial score (nSPS) is 24.6. The van der Waals surface area contributed by atoms with Crippen LogP contribution < -0.4 is 5.73 Å². The molecule has 2 aromatic rings. The number of rotatable bonds is 1. The van der Waals surface area contributed by atoms with E-state index in [0.29, 0.717) is 0 Å². The van der Waals surface area contributed by atoms with E-state index in [1.165, 1.54) is 24.8 Å². The molecule has 1 fully saturated rings. The molecule has 3 rings (SSSR count). The number of benzene rings is 1. The Morgan fingerprint density at radius 3 is 2.79 bits per heavy atom. The van der Waals surface area contributed by atoms with Crippen molar-refractivity contribution in [3.8, 4) is 0 Å². The van der Waals surface area contributed by atoms with Crippen molar-refractivity contribution in [1.29, 1.82) is 0 Å². The smallest absolute Gasteiger partial charge is 0.200 e. The molecule has 1 aliphatic rings. The van der Waals surface area contributed by atoms with Gasteiger partial charge in [0.15, 0.2) is 11.5 Å². The van der Waals surface area contributed by atoms with Gasteiger partial charge in [0.2, 0.25) is 0 Å². The minimum absolute atomic E-state index is 0.192. The third kappa shape index (κ3) is 2.39. The molecule has 1 aromatic carbocycles. The highest BCUT2D eigenvalue weighted by atomic mass is 16.3. The van der Waals surface area contributed by atoms with E-state index >= 15 is 0 Å². The second-order valence-corrected chi connectivity index (χ2v) is 5.89. The summed E-state index contributed by atoms with van der Waals surface area (Å²) < 4.78 is 6.03. The van der Waals surface area contributed by atoms with Crippen molar-refractivity contribution in [1.82, 2.24) is 4.98 Å². The largest absolute Gasteiger partial charge is 0.440 e. The number of nitrogens with two attached hydrogens (primary N) is 1. The van der Waals surface area contributed by atoms with Crippen LogP contribution in [0.5, 0.6) is 0 Å². The maximum atomic E-state index is 6.30. The summed E-state index contributed by atoms with van der Waals surface area (Å²) in [6, 6.07) is 4.43. The van der Waals surface area contributed by atoms with Gasteiger partial charge in [-0.15, -0.1) is 0 Å². The molecule has 0 aliphatic heterocycles. The van der Waals surface area contributed by atoms with Gasteiger partial charge in [0.25, 0.3) is 0 Å². The van der Waals surface area contributed by atoms with Crippen molar-refractivity contribution in [2.24, 2.45) is 5.73 Å². The lowest BCUT2D eigenvalue weighted by Gasteiger charge is -2.17. The van der Waals surface area contributed by atoms with E-state index < -0.39 is 0 Å². The number of hydrogen-bond donors (Lipinski definition) is 1. The van der Waals surface area contributed by atoms with Crippen LogP contribution in [0.4, 0.5) is 0 Å². The average Bonchev–Trinajstić information content (AvgIpc) is 2.65. The summed E-state index contributed by atoms with van der Waals surface area (Å²) in [4.78, 5) is 4.70. The first kappa shape index (κ1) is 12.7. The molecule has 3 nitrogen and oxygen atoms in total. The maximum absolute atomic E-state index is 6.30. The summed E-state index contributed by atoms with van der Waals surface area (Å²) >= 11 is 0. The number of oxazole rings is 1. The molecule has 1 aliphatic carbocycles. The zero-order valence-electron chi connectivity index (χ0n) is 11.8. The molecule has 1 heterocycles. The molecule has 2 unspecified atom stereocenters. The molecular weight excluding hydrogens is 236 g/mol. The van der Waals surface area contributed by atoms with Crippen molar-refractivity contribution in [3.05, 3.63) is 29.2 Å². The van der Waals surface area contributed by atoms with Crippen LogP contribution in [0.1, 0.15) is 55.0 Å². The maximum Gasteiger partial charge on any atom is 0.200 e. The van der Waals surface area contributed by atoms with Crippen LogP contribution in [0, 0.1) is 13.8 Å². The molecule has 3 heteroatoms. The van der Waals surface area contributed by atoms with Gasteiger partial charge < -0.3 is 10.2 Å². The van der Waals surface area contributed by atoms with E-state index in [1.54, 1.807) is 0 Å². The summed E-state index contributed by atoms with van der Waals surface area (Å²) in [5.74, 6) is 1.13. The van der Waals surface area contributed by atoms with E-state index in [4.69, 9.17) is 15.1 Å². The van der Waals surface area contributed by atoms with Crippen LogP contribution in [0.25, 0.3) is 11.1 Å². The Labute approximate surface area is 114 Å². The van der Waals surface area contributed by atoms with Crippen molar-refractivity contribution in [2.45, 2.75) is 57.9 Å². The minimum Gasteiger partial charge on any atom is -0.440 e. The van der Waals surface area contributed by atoms with Gasteiger partial charge in [-0.2, -0.15) is 0 Å². The van der Waals surface area contributed by atoms with Gasteiger partial charge in [-0.1, -0.05) is 25.3 Å². The number of nitrogens with zero attached hydrogens (tertiary/aromatic N) is 1. The molecular formula is C16H22N2O. The van der Waals surface area contributed by atoms with E-state index in [0.717, 1.165) is 35.4 Å². The topological polar surface area (TPSA) is 52.0 Å². The highest BCUT2D eigenvalue weighted by molar-refractivity contribution is 5.77. The first-order chi connectivity index (χ1) is 9.15. The third-order valence-electron chi connectivity index (χ3n) is 4.22. The fourth-order valence-electron chi connectivity index (χ4n) is 3.20. The zero-order chi connectivity index (χ0) is 13.4. The monoisotopic (exact) mass is 258 g/mol. The Bertz CT molecular complexity index is 588. The van der Waals surface area contributed by atoms with Crippen molar-refractivity contribution in [3.63, 3.8) is 0 Å². The highest BCUT2D eigenvalue weighted by Gasteiger charge is 2.26. The molecule has 0 radical (unpaired) electrons. The zero-order valence-corrected chi connectivity index (χ0v) is 11.8. The van der Waals surface area contributed by atoms with E-state index in [9.17, 15) is 0 Å². The molecule has 102 valence electrons. The van der Waals surface area contributed by atoms with Crippen LogP contribution >= 0.6 is 0 Å². The molecule has 0 spiro atoms. The Kier molecular flexibility index (Phi) is 3.31. The number of hydrogen-bond acceptors (Lipinski definition) is 3. The Balaban J connectivity index is 2.02. The van der Waals surface area contributed by atoms with E-state index in [-0.39, 0.29) is 12.0 Å². The van der Waals surface area contributed by atoms with Gasteiger partial charge in [0, 0.05) is 6.04 Å². The van der Waals surface area contributed by atoms with Crippen molar-refractivity contribution in [2.75, 3.05) is 0 Å². The Hall–Kier alpha value is -1.35. The fraction of sp³-hybridized carbons (Fsp3) is 0.562. The first-order valence-corrected chi connectivity index (χ1v) is 7.28. The first-order valence-electron chi connectivity index (χ1n) is 7.28. The van der Waals surface area contributed by atoms with Gasteiger partial charge in [0.05, 0.1) is 5.92 Å². The summed E-state index contributed by atoms with van der Waals surface area (Å²) in [5.41, 5.74) is 10.6. The highest BCUT2D eigenvalue weighted by Crippen LogP contribution is 2.33. The molecule has 0 saturated heterocycles. The summed E-state index contributed by atoms with van der Waals surface area (Å²) in [7, 11) is 0. The van der Waals surface area contributed by atoms with Crippen LogP contribution in [0.15, 0.2) is 16.5 Å². The second kappa shape index (κ2) is 4.97.